The maximum Gasteiger partial charge on any atom is 0.0931 e. The van der Waals surface area contributed by atoms with E-state index in [1.54, 1.807) is 0 Å². The van der Waals surface area contributed by atoms with Gasteiger partial charge in [0.05, 0.1) is 12.2 Å². The average Bonchev–Trinajstić information content (AvgIpc) is 3.22. The van der Waals surface area contributed by atoms with E-state index in [1.807, 2.05) is 36.0 Å². The Morgan fingerprint density at radius 2 is 1.88 bits per heavy atom. The lowest BCUT2D eigenvalue weighted by molar-refractivity contribution is 0.207. The Kier molecular flexibility index (Phi) is 9.24. The summed E-state index contributed by atoms with van der Waals surface area (Å²) in [6.45, 7) is 8.26. The van der Waals surface area contributed by atoms with Crippen molar-refractivity contribution in [1.29, 1.82) is 0 Å². The van der Waals surface area contributed by atoms with Crippen LogP contribution in [0.4, 0.5) is 5.69 Å². The van der Waals surface area contributed by atoms with Gasteiger partial charge in [-0.2, -0.15) is 11.8 Å². The molecule has 1 fully saturated rings. The number of nitrogens with zero attached hydrogens (tertiary/aromatic N) is 2. The van der Waals surface area contributed by atoms with Crippen LogP contribution in [0.2, 0.25) is 5.02 Å². The highest BCUT2D eigenvalue weighted by molar-refractivity contribution is 7.98. The molecule has 0 saturated carbocycles. The molecule has 2 aromatic carbocycles. The number of aromatic nitrogens is 1. The van der Waals surface area contributed by atoms with Crippen LogP contribution in [-0.2, 0) is 13.1 Å². The second-order valence-corrected chi connectivity index (χ2v) is 10.2. The molecule has 0 aliphatic carbocycles. The Morgan fingerprint density at radius 1 is 1.09 bits per heavy atom. The minimum absolute atomic E-state index is 0.595. The summed E-state index contributed by atoms with van der Waals surface area (Å²) in [7, 11) is 0. The van der Waals surface area contributed by atoms with E-state index in [2.05, 4.69) is 69.4 Å². The highest BCUT2D eigenvalue weighted by Crippen LogP contribution is 2.22. The van der Waals surface area contributed by atoms with Crippen LogP contribution in [0.25, 0.3) is 10.9 Å². The van der Waals surface area contributed by atoms with Crippen LogP contribution in [0.15, 0.2) is 48.5 Å². The van der Waals surface area contributed by atoms with Crippen LogP contribution in [0.1, 0.15) is 31.0 Å². The molecule has 1 saturated heterocycles. The van der Waals surface area contributed by atoms with E-state index in [0.717, 1.165) is 29.5 Å². The number of anilines is 1. The summed E-state index contributed by atoms with van der Waals surface area (Å²) < 4.78 is 2.30. The van der Waals surface area contributed by atoms with Crippen molar-refractivity contribution in [1.82, 2.24) is 14.8 Å². The molecule has 0 bridgehead atoms. The first-order valence-electron chi connectivity index (χ1n) is 12.2. The number of aryl methyl sites for hydroxylation is 1. The number of benzene rings is 2. The summed E-state index contributed by atoms with van der Waals surface area (Å²) in [5.41, 5.74) is 4.69. The smallest absolute Gasteiger partial charge is 0.0931 e. The summed E-state index contributed by atoms with van der Waals surface area (Å²) in [6.07, 6.45) is 4.68. The fourth-order valence-electron chi connectivity index (χ4n) is 4.57. The number of thioether (sulfide) groups is 1. The van der Waals surface area contributed by atoms with Crippen LogP contribution in [0.5, 0.6) is 0 Å². The Hall–Kier alpha value is -2.10. The van der Waals surface area contributed by atoms with Gasteiger partial charge in [-0.3, -0.25) is 0 Å². The van der Waals surface area contributed by atoms with Gasteiger partial charge in [-0.15, -0.1) is 0 Å². The van der Waals surface area contributed by atoms with Gasteiger partial charge in [0, 0.05) is 53.0 Å². The van der Waals surface area contributed by atoms with E-state index < -0.39 is 0 Å². The topological polar surface area (TPSA) is 32.2 Å². The number of likely N-dealkylation sites (tertiary alicyclic amines) is 1. The molecular weight excluding hydrogens is 460 g/mol. The van der Waals surface area contributed by atoms with E-state index in [1.165, 1.54) is 54.7 Å². The van der Waals surface area contributed by atoms with E-state index in [-0.39, 0.29) is 0 Å². The second-order valence-electron chi connectivity index (χ2n) is 8.82. The van der Waals surface area contributed by atoms with E-state index in [9.17, 15) is 0 Å². The monoisotopic (exact) mass is 494 g/mol. The summed E-state index contributed by atoms with van der Waals surface area (Å²) >= 11 is 7.89. The van der Waals surface area contributed by atoms with Gasteiger partial charge >= 0.3 is 0 Å². The lowest BCUT2D eigenvalue weighted by Crippen LogP contribution is -2.42. The lowest BCUT2D eigenvalue weighted by Gasteiger charge is -2.32. The Labute approximate surface area is 213 Å². The molecule has 0 atom stereocenters. The molecule has 0 radical (unpaired) electrons. The molecule has 3 aromatic rings. The molecule has 1 aliphatic rings. The van der Waals surface area contributed by atoms with E-state index in [4.69, 9.17) is 11.6 Å². The molecule has 4 nitrogen and oxygen atoms in total. The molecule has 180 valence electrons. The van der Waals surface area contributed by atoms with Crippen molar-refractivity contribution in [3.63, 3.8) is 0 Å². The third kappa shape index (κ3) is 6.73. The maximum absolute atomic E-state index is 5.95. The van der Waals surface area contributed by atoms with Gasteiger partial charge < -0.3 is 20.1 Å². The van der Waals surface area contributed by atoms with Crippen molar-refractivity contribution in [2.45, 2.75) is 38.9 Å². The number of nitrogens with one attached hydrogen (secondary N) is 2. The van der Waals surface area contributed by atoms with Crippen LogP contribution < -0.4 is 10.6 Å². The maximum atomic E-state index is 5.95. The van der Waals surface area contributed by atoms with Crippen LogP contribution in [0.3, 0.4) is 0 Å². The number of halogens is 1. The first-order valence-corrected chi connectivity index (χ1v) is 14.0. The van der Waals surface area contributed by atoms with Gasteiger partial charge in [-0.05, 0) is 93.1 Å². The minimum Gasteiger partial charge on any atom is -0.374 e. The van der Waals surface area contributed by atoms with Crippen molar-refractivity contribution in [2.24, 2.45) is 0 Å². The highest BCUT2D eigenvalue weighted by atomic mass is 35.5. The van der Waals surface area contributed by atoms with Gasteiger partial charge in [0.1, 0.15) is 0 Å². The molecule has 2 N–H and O–H groups in total. The standard InChI is InChI=1S/C28H35ClN4S/c1-3-33-27(5-4-14-30-25-9-7-24(29)8-10-25)20-23-19-22(6-11-28(23)33)21-31-26-12-15-32(16-13-26)17-18-34-2/h6-11,19-20,26,30-31H,3,12-18,21H2,1-2H3. The van der Waals surface area contributed by atoms with Crippen LogP contribution >= 0.6 is 23.4 Å². The zero-order valence-electron chi connectivity index (χ0n) is 20.2. The molecule has 2 heterocycles. The molecule has 4 rings (SSSR count). The summed E-state index contributed by atoms with van der Waals surface area (Å²) in [5.74, 6) is 7.86. The molecule has 0 spiro atoms. The minimum atomic E-state index is 0.595. The number of hydrogen-bond acceptors (Lipinski definition) is 4. The normalized spacial score (nSPS) is 14.8. The quantitative estimate of drug-likeness (QED) is 0.374. The van der Waals surface area contributed by atoms with Crippen molar-refractivity contribution >= 4 is 40.0 Å². The van der Waals surface area contributed by atoms with Gasteiger partial charge in [0.25, 0.3) is 0 Å². The molecule has 34 heavy (non-hydrogen) atoms. The summed E-state index contributed by atoms with van der Waals surface area (Å²) in [6, 6.07) is 17.4. The number of fused-ring (bicyclic) bond motifs is 1. The van der Waals surface area contributed by atoms with Crippen molar-refractivity contribution in [2.75, 3.05) is 43.5 Å². The first-order chi connectivity index (χ1) is 16.7. The fourth-order valence-corrected chi connectivity index (χ4v) is 5.13. The lowest BCUT2D eigenvalue weighted by atomic mass is 10.0. The Balaban J connectivity index is 1.34. The Bertz CT molecular complexity index is 1120. The van der Waals surface area contributed by atoms with Gasteiger partial charge in [-0.1, -0.05) is 23.6 Å². The van der Waals surface area contributed by atoms with E-state index >= 15 is 0 Å². The highest BCUT2D eigenvalue weighted by Gasteiger charge is 2.18. The van der Waals surface area contributed by atoms with Crippen molar-refractivity contribution in [3.05, 3.63) is 64.8 Å². The average molecular weight is 495 g/mol. The van der Waals surface area contributed by atoms with Crippen molar-refractivity contribution in [3.8, 4) is 11.8 Å². The molecular formula is C28H35ClN4S. The Morgan fingerprint density at radius 3 is 2.62 bits per heavy atom. The second kappa shape index (κ2) is 12.6. The number of rotatable bonds is 9. The zero-order valence-corrected chi connectivity index (χ0v) is 21.8. The third-order valence-electron chi connectivity index (χ3n) is 6.52. The number of hydrogen-bond donors (Lipinski definition) is 2. The molecule has 1 aromatic heterocycles. The molecule has 6 heteroatoms. The predicted molar refractivity (Wildman–Crippen MR) is 149 cm³/mol. The van der Waals surface area contributed by atoms with Gasteiger partial charge in [-0.25, -0.2) is 0 Å². The summed E-state index contributed by atoms with van der Waals surface area (Å²) in [5, 5.41) is 9.13. The molecule has 0 unspecified atom stereocenters. The SMILES string of the molecule is CCn1c(C#CCNc2ccc(Cl)cc2)cc2cc(CNC3CCN(CCSC)CC3)ccc21. The van der Waals surface area contributed by atoms with Crippen molar-refractivity contribution < 1.29 is 0 Å². The van der Waals surface area contributed by atoms with Gasteiger partial charge in [0.15, 0.2) is 0 Å². The summed E-state index contributed by atoms with van der Waals surface area (Å²) in [4.78, 5) is 2.60. The third-order valence-corrected chi connectivity index (χ3v) is 7.36. The number of piperidine rings is 1. The molecule has 0 amide bonds. The first kappa shape index (κ1) is 25.0. The predicted octanol–water partition coefficient (Wildman–Crippen LogP) is 5.70. The van der Waals surface area contributed by atoms with Gasteiger partial charge in [0.2, 0.25) is 0 Å². The van der Waals surface area contributed by atoms with Crippen LogP contribution in [-0.4, -0.2) is 53.7 Å². The molecule has 1 aliphatic heterocycles. The fraction of sp³-hybridized carbons (Fsp3) is 0.429. The van der Waals surface area contributed by atoms with E-state index in [0.29, 0.717) is 12.6 Å². The van der Waals surface area contributed by atoms with Crippen LogP contribution in [0, 0.1) is 11.8 Å². The zero-order chi connectivity index (χ0) is 23.8. The largest absolute Gasteiger partial charge is 0.374 e.